The highest BCUT2D eigenvalue weighted by Crippen LogP contribution is 2.33. The van der Waals surface area contributed by atoms with Gasteiger partial charge in [-0.05, 0) is 70.1 Å². The number of hydrogen-bond donors (Lipinski definition) is 0. The first kappa shape index (κ1) is 17.1. The van der Waals surface area contributed by atoms with Gasteiger partial charge in [0.25, 0.3) is 0 Å². The van der Waals surface area contributed by atoms with Crippen LogP contribution in [-0.4, -0.2) is 0 Å². The summed E-state index contributed by atoms with van der Waals surface area (Å²) in [6.45, 7) is 6.90. The van der Waals surface area contributed by atoms with Crippen LogP contribution in [-0.2, 0) is 0 Å². The molecule has 0 saturated heterocycles. The molecule has 0 saturated carbocycles. The summed E-state index contributed by atoms with van der Waals surface area (Å²) in [4.78, 5) is 0. The maximum Gasteiger partial charge on any atom is 0.157 e. The van der Waals surface area contributed by atoms with Crippen LogP contribution in [0.1, 0.15) is 53.4 Å². The molecular weight excluding hydrogens is 285 g/mol. The van der Waals surface area contributed by atoms with Crippen molar-refractivity contribution in [2.45, 2.75) is 53.4 Å². The lowest BCUT2D eigenvalue weighted by Gasteiger charge is -2.12. The van der Waals surface area contributed by atoms with E-state index in [1.54, 1.807) is 20.8 Å². The molecule has 0 amide bonds. The van der Waals surface area contributed by atoms with Crippen molar-refractivity contribution in [2.75, 3.05) is 0 Å². The Morgan fingerprint density at radius 1 is 0.600 bits per heavy atom. The first-order valence-electron chi connectivity index (χ1n) is 6.67. The summed E-state index contributed by atoms with van der Waals surface area (Å²) in [5.74, 6) is -1.52. The molecule has 0 aromatic carbocycles. The fraction of sp³-hybridized carbons (Fsp3) is 0.500. The fourth-order valence-electron chi connectivity index (χ4n) is 1.94. The quantitative estimate of drug-likeness (QED) is 0.461. The van der Waals surface area contributed by atoms with Crippen molar-refractivity contribution >= 4 is 11.6 Å². The third kappa shape index (κ3) is 4.02. The minimum absolute atomic E-state index is 0.217. The molecule has 4 heteroatoms. The third-order valence-corrected chi connectivity index (χ3v) is 4.12. The normalized spacial score (nSPS) is 20.4. The Hall–Kier alpha value is -0.960. The van der Waals surface area contributed by atoms with Gasteiger partial charge in [-0.3, -0.25) is 0 Å². The van der Waals surface area contributed by atoms with Gasteiger partial charge in [-0.1, -0.05) is 17.2 Å². The van der Waals surface area contributed by atoms with E-state index in [0.29, 0.717) is 29.0 Å². The van der Waals surface area contributed by atoms with Crippen molar-refractivity contribution in [1.29, 1.82) is 0 Å². The van der Waals surface area contributed by atoms with Crippen molar-refractivity contribution in [3.05, 3.63) is 44.8 Å². The number of allylic oxidation sites excluding steroid dienone is 8. The molecular formula is C16H20ClF3. The van der Waals surface area contributed by atoms with Gasteiger partial charge in [0.2, 0.25) is 0 Å². The molecule has 2 rings (SSSR count). The Balaban J connectivity index is 0.000000200. The van der Waals surface area contributed by atoms with E-state index in [4.69, 9.17) is 11.6 Å². The molecule has 0 heterocycles. The largest absolute Gasteiger partial charge is 0.205 e. The summed E-state index contributed by atoms with van der Waals surface area (Å²) in [6, 6.07) is 0. The minimum Gasteiger partial charge on any atom is -0.205 e. The summed E-state index contributed by atoms with van der Waals surface area (Å²) in [5.41, 5.74) is 2.80. The first-order valence-corrected chi connectivity index (χ1v) is 7.05. The number of hydrogen-bond acceptors (Lipinski definition) is 0. The average molecular weight is 305 g/mol. The van der Waals surface area contributed by atoms with Crippen molar-refractivity contribution in [1.82, 2.24) is 0 Å². The molecule has 2 aliphatic rings. The van der Waals surface area contributed by atoms with Crippen LogP contribution in [0.2, 0.25) is 0 Å². The van der Waals surface area contributed by atoms with Gasteiger partial charge in [0.05, 0.1) is 5.03 Å². The Kier molecular flexibility index (Phi) is 6.12. The predicted octanol–water partition coefficient (Wildman–Crippen LogP) is 6.80. The van der Waals surface area contributed by atoms with Crippen LogP contribution in [0, 0.1) is 0 Å². The highest BCUT2D eigenvalue weighted by Gasteiger charge is 2.16. The number of halogens is 4. The van der Waals surface area contributed by atoms with E-state index >= 15 is 0 Å². The standard InChI is InChI=1S/C8H10ClF.C8H10F2/c2*1-5-3-4-6(2)8(10)7(5)9/h2*3-4H2,1-2H3. The molecule has 0 N–H and O–H groups in total. The van der Waals surface area contributed by atoms with Crippen LogP contribution in [0.4, 0.5) is 13.2 Å². The topological polar surface area (TPSA) is 0 Å². The molecule has 0 aromatic rings. The van der Waals surface area contributed by atoms with E-state index in [-0.39, 0.29) is 5.83 Å². The van der Waals surface area contributed by atoms with Gasteiger partial charge in [0, 0.05) is 0 Å². The molecule has 0 radical (unpaired) electrons. The lowest BCUT2D eigenvalue weighted by atomic mass is 9.99. The van der Waals surface area contributed by atoms with Crippen LogP contribution in [0.5, 0.6) is 0 Å². The molecule has 0 bridgehead atoms. The molecule has 2 aliphatic carbocycles. The highest BCUT2D eigenvalue weighted by molar-refractivity contribution is 6.32. The maximum absolute atomic E-state index is 12.9. The van der Waals surface area contributed by atoms with E-state index in [9.17, 15) is 13.2 Å². The second-order valence-corrected chi connectivity index (χ2v) is 5.76. The third-order valence-electron chi connectivity index (χ3n) is 3.63. The van der Waals surface area contributed by atoms with Crippen molar-refractivity contribution in [3.63, 3.8) is 0 Å². The smallest absolute Gasteiger partial charge is 0.157 e. The molecule has 0 aliphatic heterocycles. The summed E-state index contributed by atoms with van der Waals surface area (Å²) in [6.07, 6.45) is 3.03. The fourth-order valence-corrected chi connectivity index (χ4v) is 2.19. The van der Waals surface area contributed by atoms with Crippen molar-refractivity contribution in [3.8, 4) is 0 Å². The molecule has 112 valence electrons. The summed E-state index contributed by atoms with van der Waals surface area (Å²) in [7, 11) is 0. The molecule has 0 aromatic heterocycles. The summed E-state index contributed by atoms with van der Waals surface area (Å²) in [5, 5.41) is 0.323. The summed E-state index contributed by atoms with van der Waals surface area (Å²) < 4.78 is 38.2. The molecule has 0 spiro atoms. The Labute approximate surface area is 123 Å². The number of rotatable bonds is 0. The monoisotopic (exact) mass is 304 g/mol. The molecule has 20 heavy (non-hydrogen) atoms. The SMILES string of the molecule is CC1=C(F)C(Cl)=C(C)CC1.CC1=C(F)C(F)=C(C)CC1. The molecule has 0 unspecified atom stereocenters. The van der Waals surface area contributed by atoms with Gasteiger partial charge in [-0.2, -0.15) is 0 Å². The van der Waals surface area contributed by atoms with Gasteiger partial charge in [-0.25, -0.2) is 13.2 Å². The molecule has 0 fully saturated rings. The van der Waals surface area contributed by atoms with Crippen LogP contribution in [0.15, 0.2) is 44.8 Å². The van der Waals surface area contributed by atoms with E-state index in [0.717, 1.165) is 24.0 Å². The second kappa shape index (κ2) is 7.16. The highest BCUT2D eigenvalue weighted by atomic mass is 35.5. The van der Waals surface area contributed by atoms with E-state index in [1.807, 2.05) is 6.92 Å². The van der Waals surface area contributed by atoms with Crippen LogP contribution in [0.25, 0.3) is 0 Å². The van der Waals surface area contributed by atoms with Crippen LogP contribution in [0.3, 0.4) is 0 Å². The van der Waals surface area contributed by atoms with Gasteiger partial charge in [0.15, 0.2) is 11.7 Å². The van der Waals surface area contributed by atoms with E-state index < -0.39 is 11.7 Å². The van der Waals surface area contributed by atoms with Crippen LogP contribution < -0.4 is 0 Å². The second-order valence-electron chi connectivity index (χ2n) is 5.38. The molecule has 0 atom stereocenters. The first-order chi connectivity index (χ1) is 9.25. The van der Waals surface area contributed by atoms with Gasteiger partial charge < -0.3 is 0 Å². The Morgan fingerprint density at radius 3 is 1.25 bits per heavy atom. The zero-order chi connectivity index (χ0) is 15.4. The van der Waals surface area contributed by atoms with Gasteiger partial charge in [0.1, 0.15) is 5.83 Å². The zero-order valence-corrected chi connectivity index (χ0v) is 13.1. The minimum atomic E-state index is -0.649. The molecule has 0 nitrogen and oxygen atoms in total. The van der Waals surface area contributed by atoms with Crippen molar-refractivity contribution in [2.24, 2.45) is 0 Å². The Morgan fingerprint density at radius 2 is 0.900 bits per heavy atom. The van der Waals surface area contributed by atoms with Gasteiger partial charge >= 0.3 is 0 Å². The van der Waals surface area contributed by atoms with Gasteiger partial charge in [-0.15, -0.1) is 0 Å². The van der Waals surface area contributed by atoms with E-state index in [2.05, 4.69) is 0 Å². The Bertz CT molecular complexity index is 426. The van der Waals surface area contributed by atoms with E-state index in [1.165, 1.54) is 0 Å². The predicted molar refractivity (Wildman–Crippen MR) is 78.4 cm³/mol. The zero-order valence-electron chi connectivity index (χ0n) is 12.3. The van der Waals surface area contributed by atoms with Crippen LogP contribution >= 0.6 is 11.6 Å². The average Bonchev–Trinajstić information content (AvgIpc) is 2.43. The lowest BCUT2D eigenvalue weighted by Crippen LogP contribution is -1.95. The lowest BCUT2D eigenvalue weighted by molar-refractivity contribution is 0.510. The maximum atomic E-state index is 12.9. The van der Waals surface area contributed by atoms with Crippen molar-refractivity contribution < 1.29 is 13.2 Å². The summed E-state index contributed by atoms with van der Waals surface area (Å²) >= 11 is 5.66.